The summed E-state index contributed by atoms with van der Waals surface area (Å²) in [5.74, 6) is -0.965. The lowest BCUT2D eigenvalue weighted by Gasteiger charge is -2.40. The number of nitrogens with zero attached hydrogens (tertiary/aromatic N) is 1. The smallest absolute Gasteiger partial charge is 0.407 e. The van der Waals surface area contributed by atoms with Crippen LogP contribution in [0.5, 0.6) is 0 Å². The van der Waals surface area contributed by atoms with Crippen LogP contribution in [0.15, 0.2) is 48.5 Å². The molecule has 35 heavy (non-hydrogen) atoms. The Morgan fingerprint density at radius 1 is 1.00 bits per heavy atom. The van der Waals surface area contributed by atoms with Gasteiger partial charge in [-0.3, -0.25) is 9.59 Å². The number of carbonyl (C=O) groups excluding carboxylic acids is 2. The monoisotopic (exact) mass is 476 g/mol. The van der Waals surface area contributed by atoms with Crippen molar-refractivity contribution in [2.24, 2.45) is 11.8 Å². The third-order valence-electron chi connectivity index (χ3n) is 7.87. The van der Waals surface area contributed by atoms with Crippen molar-refractivity contribution in [3.05, 3.63) is 59.7 Å². The highest BCUT2D eigenvalue weighted by atomic mass is 16.5. The Labute approximate surface area is 205 Å². The van der Waals surface area contributed by atoms with Gasteiger partial charge in [-0.15, -0.1) is 0 Å². The Balaban J connectivity index is 1.13. The molecule has 0 radical (unpaired) electrons. The van der Waals surface area contributed by atoms with E-state index in [-0.39, 0.29) is 55.3 Å². The SMILES string of the molecule is CC(CNC(=O)OCC1c2ccccc2-c2ccccc21)C(=O)N1C2CCC1CC(CC(=O)O)C2. The summed E-state index contributed by atoms with van der Waals surface area (Å²) in [6.45, 7) is 2.28. The first-order chi connectivity index (χ1) is 16.9. The van der Waals surface area contributed by atoms with E-state index in [1.54, 1.807) is 0 Å². The standard InChI is InChI=1S/C28H32N2O5/c1-17(27(33)30-19-10-11-20(30)13-18(12-19)14-26(31)32)15-29-28(34)35-16-25-23-8-4-2-6-21(23)22-7-3-5-9-24(22)25/h2-9,17-20,25H,10-16H2,1H3,(H,29,34)(H,31,32). The normalized spacial score (nSPS) is 23.3. The molecule has 7 heteroatoms. The van der Waals surface area contributed by atoms with E-state index in [1.807, 2.05) is 36.1 Å². The van der Waals surface area contributed by atoms with E-state index in [4.69, 9.17) is 9.84 Å². The molecular weight excluding hydrogens is 444 g/mol. The molecule has 2 bridgehead atoms. The summed E-state index contributed by atoms with van der Waals surface area (Å²) in [7, 11) is 0. The third kappa shape index (κ3) is 4.64. The molecule has 2 saturated heterocycles. The van der Waals surface area contributed by atoms with Crippen LogP contribution in [0.1, 0.15) is 56.1 Å². The molecule has 2 aliphatic heterocycles. The zero-order chi connectivity index (χ0) is 24.5. The van der Waals surface area contributed by atoms with Crippen molar-refractivity contribution in [1.82, 2.24) is 10.2 Å². The second-order valence-corrected chi connectivity index (χ2v) is 10.2. The summed E-state index contributed by atoms with van der Waals surface area (Å²) in [5.41, 5.74) is 4.68. The Morgan fingerprint density at radius 2 is 1.57 bits per heavy atom. The highest BCUT2D eigenvalue weighted by molar-refractivity contribution is 5.81. The predicted octanol–water partition coefficient (Wildman–Crippen LogP) is 4.41. The fourth-order valence-corrected chi connectivity index (χ4v) is 6.29. The molecule has 2 aromatic rings. The number of rotatable bonds is 7. The van der Waals surface area contributed by atoms with Crippen LogP contribution in [0.4, 0.5) is 4.79 Å². The van der Waals surface area contributed by atoms with Gasteiger partial charge in [-0.1, -0.05) is 55.5 Å². The van der Waals surface area contributed by atoms with Crippen LogP contribution in [-0.4, -0.2) is 53.2 Å². The van der Waals surface area contributed by atoms with Crippen LogP contribution in [0.25, 0.3) is 11.1 Å². The van der Waals surface area contributed by atoms with E-state index in [1.165, 1.54) is 11.1 Å². The molecule has 0 saturated carbocycles. The lowest BCUT2D eigenvalue weighted by atomic mass is 9.87. The first-order valence-electron chi connectivity index (χ1n) is 12.5. The van der Waals surface area contributed by atoms with Crippen molar-refractivity contribution >= 4 is 18.0 Å². The van der Waals surface area contributed by atoms with Crippen LogP contribution in [0.3, 0.4) is 0 Å². The number of carboxylic acid groups (broad SMARTS) is 1. The number of carboxylic acids is 1. The predicted molar refractivity (Wildman–Crippen MR) is 131 cm³/mol. The minimum absolute atomic E-state index is 0.00470. The van der Waals surface area contributed by atoms with Crippen LogP contribution in [0.2, 0.25) is 0 Å². The topological polar surface area (TPSA) is 95.9 Å². The minimum Gasteiger partial charge on any atom is -0.481 e. The molecule has 3 unspecified atom stereocenters. The Hall–Kier alpha value is -3.35. The molecule has 2 fully saturated rings. The number of fused-ring (bicyclic) bond motifs is 5. The second kappa shape index (κ2) is 9.72. The molecular formula is C28H32N2O5. The summed E-state index contributed by atoms with van der Waals surface area (Å²) in [4.78, 5) is 38.7. The van der Waals surface area contributed by atoms with E-state index < -0.39 is 12.1 Å². The van der Waals surface area contributed by atoms with Gasteiger partial charge in [0, 0.05) is 31.0 Å². The number of nitrogens with one attached hydrogen (secondary N) is 1. The fraction of sp³-hybridized carbons (Fsp3) is 0.464. The maximum Gasteiger partial charge on any atom is 0.407 e. The van der Waals surface area contributed by atoms with Crippen molar-refractivity contribution in [3.8, 4) is 11.1 Å². The zero-order valence-corrected chi connectivity index (χ0v) is 20.0. The van der Waals surface area contributed by atoms with Crippen molar-refractivity contribution in [3.63, 3.8) is 0 Å². The van der Waals surface area contributed by atoms with E-state index in [0.29, 0.717) is 0 Å². The number of hydrogen-bond acceptors (Lipinski definition) is 4. The van der Waals surface area contributed by atoms with Crippen LogP contribution < -0.4 is 5.32 Å². The molecule has 1 aliphatic carbocycles. The molecule has 0 spiro atoms. The number of hydrogen-bond donors (Lipinski definition) is 2. The fourth-order valence-electron chi connectivity index (χ4n) is 6.29. The number of amides is 2. The number of alkyl carbamates (subject to hydrolysis) is 1. The molecule has 0 aromatic heterocycles. The molecule has 184 valence electrons. The van der Waals surface area contributed by atoms with Gasteiger partial charge in [0.25, 0.3) is 0 Å². The molecule has 3 atom stereocenters. The molecule has 3 aliphatic rings. The van der Waals surface area contributed by atoms with Gasteiger partial charge in [-0.05, 0) is 53.9 Å². The molecule has 7 nitrogen and oxygen atoms in total. The van der Waals surface area contributed by atoms with Crippen molar-refractivity contribution in [1.29, 1.82) is 0 Å². The highest BCUT2D eigenvalue weighted by Gasteiger charge is 2.44. The van der Waals surface area contributed by atoms with Crippen molar-refractivity contribution in [2.75, 3.05) is 13.2 Å². The van der Waals surface area contributed by atoms with Gasteiger partial charge >= 0.3 is 12.1 Å². The van der Waals surface area contributed by atoms with Gasteiger partial charge in [0.1, 0.15) is 6.61 Å². The highest BCUT2D eigenvalue weighted by Crippen LogP contribution is 2.44. The van der Waals surface area contributed by atoms with Gasteiger partial charge in [-0.2, -0.15) is 0 Å². The lowest BCUT2D eigenvalue weighted by molar-refractivity contribution is -0.141. The first kappa shape index (κ1) is 23.4. The van der Waals surface area contributed by atoms with Gasteiger partial charge < -0.3 is 20.1 Å². The number of piperidine rings is 1. The van der Waals surface area contributed by atoms with Crippen LogP contribution >= 0.6 is 0 Å². The van der Waals surface area contributed by atoms with E-state index in [9.17, 15) is 14.4 Å². The van der Waals surface area contributed by atoms with Crippen molar-refractivity contribution in [2.45, 2.75) is 57.0 Å². The molecule has 2 aromatic carbocycles. The van der Waals surface area contributed by atoms with E-state index in [0.717, 1.165) is 36.8 Å². The van der Waals surface area contributed by atoms with Crippen LogP contribution in [0, 0.1) is 11.8 Å². The largest absolute Gasteiger partial charge is 0.481 e. The maximum atomic E-state index is 13.2. The van der Waals surface area contributed by atoms with Gasteiger partial charge in [-0.25, -0.2) is 4.79 Å². The summed E-state index contributed by atoms with van der Waals surface area (Å²) < 4.78 is 5.59. The van der Waals surface area contributed by atoms with Crippen LogP contribution in [-0.2, 0) is 14.3 Å². The summed E-state index contributed by atoms with van der Waals surface area (Å²) in [5, 5.41) is 11.9. The van der Waals surface area contributed by atoms with Gasteiger partial charge in [0.15, 0.2) is 0 Å². The zero-order valence-electron chi connectivity index (χ0n) is 20.0. The average Bonchev–Trinajstić information content (AvgIpc) is 3.31. The third-order valence-corrected chi connectivity index (χ3v) is 7.87. The Kier molecular flexibility index (Phi) is 6.50. The first-order valence-corrected chi connectivity index (χ1v) is 12.5. The van der Waals surface area contributed by atoms with Gasteiger partial charge in [0.2, 0.25) is 5.91 Å². The Morgan fingerprint density at radius 3 is 2.14 bits per heavy atom. The number of benzene rings is 2. The quantitative estimate of drug-likeness (QED) is 0.617. The summed E-state index contributed by atoms with van der Waals surface area (Å²) in [6, 6.07) is 16.6. The van der Waals surface area contributed by atoms with Gasteiger partial charge in [0.05, 0.1) is 5.92 Å². The minimum atomic E-state index is -0.769. The second-order valence-electron chi connectivity index (χ2n) is 10.2. The molecule has 2 N–H and O–H groups in total. The maximum absolute atomic E-state index is 13.2. The number of aliphatic carboxylic acids is 1. The number of ether oxygens (including phenoxy) is 1. The van der Waals surface area contributed by atoms with E-state index in [2.05, 4.69) is 29.6 Å². The average molecular weight is 477 g/mol. The summed E-state index contributed by atoms with van der Waals surface area (Å²) in [6.07, 6.45) is 3.02. The molecule has 5 rings (SSSR count). The van der Waals surface area contributed by atoms with E-state index >= 15 is 0 Å². The Bertz CT molecular complexity index is 1070. The number of carbonyl (C=O) groups is 3. The van der Waals surface area contributed by atoms with Crippen molar-refractivity contribution < 1.29 is 24.2 Å². The lowest BCUT2D eigenvalue weighted by Crippen LogP contribution is -2.50. The molecule has 2 heterocycles. The summed E-state index contributed by atoms with van der Waals surface area (Å²) >= 11 is 0. The molecule has 2 amide bonds.